The maximum atomic E-state index is 12.6. The van der Waals surface area contributed by atoms with E-state index in [0.29, 0.717) is 6.42 Å². The van der Waals surface area contributed by atoms with Crippen LogP contribution in [0.25, 0.3) is 0 Å². The summed E-state index contributed by atoms with van der Waals surface area (Å²) in [7, 11) is 0. The van der Waals surface area contributed by atoms with E-state index in [-0.39, 0.29) is 12.5 Å². The summed E-state index contributed by atoms with van der Waals surface area (Å²) in [5, 5.41) is 0. The molecule has 0 radical (unpaired) electrons. The molecule has 0 spiro atoms. The summed E-state index contributed by atoms with van der Waals surface area (Å²) < 4.78 is 64.9. The van der Waals surface area contributed by atoms with E-state index >= 15 is 0 Å². The summed E-state index contributed by atoms with van der Waals surface area (Å²) in [6.07, 6.45) is -2.30. The van der Waals surface area contributed by atoms with Gasteiger partial charge in [0.1, 0.15) is 6.61 Å². The van der Waals surface area contributed by atoms with Gasteiger partial charge in [-0.3, -0.25) is 0 Å². The minimum absolute atomic E-state index is 0.00667. The molecule has 0 aliphatic carbocycles. The fourth-order valence-corrected chi connectivity index (χ4v) is 0.708. The van der Waals surface area contributed by atoms with Crippen LogP contribution in [0.3, 0.4) is 0 Å². The molecule has 1 unspecified atom stereocenters. The number of hydrogen-bond acceptors (Lipinski definition) is 1. The zero-order chi connectivity index (χ0) is 12.1. The van der Waals surface area contributed by atoms with Crippen LogP contribution in [0.5, 0.6) is 0 Å². The van der Waals surface area contributed by atoms with Crippen LogP contribution in [0.15, 0.2) is 11.9 Å². The van der Waals surface area contributed by atoms with Crippen molar-refractivity contribution in [2.75, 3.05) is 13.2 Å². The molecule has 0 rings (SSSR count). The number of alkyl halides is 2. The van der Waals surface area contributed by atoms with Crippen molar-refractivity contribution in [1.82, 2.24) is 0 Å². The van der Waals surface area contributed by atoms with Gasteiger partial charge in [0.2, 0.25) is 5.83 Å². The van der Waals surface area contributed by atoms with Gasteiger partial charge in [0.15, 0.2) is 0 Å². The molecule has 0 heterocycles. The molecule has 0 saturated heterocycles. The Morgan fingerprint density at radius 2 is 1.80 bits per heavy atom. The van der Waals surface area contributed by atoms with Crippen molar-refractivity contribution in [3.63, 3.8) is 0 Å². The average Bonchev–Trinajstić information content (AvgIpc) is 2.15. The number of hydrogen-bond donors (Lipinski definition) is 0. The lowest BCUT2D eigenvalue weighted by atomic mass is 10.1. The molecule has 90 valence electrons. The molecule has 0 aromatic rings. The highest BCUT2D eigenvalue weighted by Crippen LogP contribution is 2.29. The lowest BCUT2D eigenvalue weighted by Gasteiger charge is -2.15. The third-order valence-electron chi connectivity index (χ3n) is 1.87. The maximum Gasteiger partial charge on any atom is 0.326 e. The summed E-state index contributed by atoms with van der Waals surface area (Å²) in [5.41, 5.74) is 0. The zero-order valence-electron chi connectivity index (χ0n) is 8.50. The molecule has 0 amide bonds. The highest BCUT2D eigenvalue weighted by molar-refractivity contribution is 5.04. The van der Waals surface area contributed by atoms with Crippen molar-refractivity contribution in [3.05, 3.63) is 11.9 Å². The van der Waals surface area contributed by atoms with E-state index < -0.39 is 24.4 Å². The molecule has 0 fully saturated rings. The highest BCUT2D eigenvalue weighted by Gasteiger charge is 2.39. The van der Waals surface area contributed by atoms with Gasteiger partial charge in [-0.25, -0.2) is 0 Å². The second-order valence-corrected chi connectivity index (χ2v) is 3.31. The Balaban J connectivity index is 4.11. The van der Waals surface area contributed by atoms with Gasteiger partial charge < -0.3 is 4.74 Å². The lowest BCUT2D eigenvalue weighted by Crippen LogP contribution is -2.26. The zero-order valence-corrected chi connectivity index (χ0v) is 8.50. The van der Waals surface area contributed by atoms with Gasteiger partial charge in [0.05, 0.1) is 0 Å². The second kappa shape index (κ2) is 6.05. The maximum absolute atomic E-state index is 12.6. The first-order valence-electron chi connectivity index (χ1n) is 4.48. The predicted octanol–water partition coefficient (Wildman–Crippen LogP) is 3.76. The summed E-state index contributed by atoms with van der Waals surface area (Å²) in [6.45, 7) is 2.21. The van der Waals surface area contributed by atoms with Crippen molar-refractivity contribution in [2.24, 2.45) is 5.92 Å². The Kier molecular flexibility index (Phi) is 5.79. The summed E-state index contributed by atoms with van der Waals surface area (Å²) in [6, 6.07) is 0. The van der Waals surface area contributed by atoms with Crippen molar-refractivity contribution < 1.29 is 26.7 Å². The third-order valence-corrected chi connectivity index (χ3v) is 1.87. The molecule has 0 aliphatic rings. The topological polar surface area (TPSA) is 9.23 Å². The van der Waals surface area contributed by atoms with Gasteiger partial charge in [0.25, 0.3) is 0 Å². The Hall–Kier alpha value is -0.650. The van der Waals surface area contributed by atoms with E-state index in [1.807, 2.05) is 6.92 Å². The Bertz CT molecular complexity index is 223. The normalized spacial score (nSPS) is 13.8. The van der Waals surface area contributed by atoms with Crippen molar-refractivity contribution >= 4 is 0 Å². The summed E-state index contributed by atoms with van der Waals surface area (Å²) in [5.74, 6) is -6.93. The second-order valence-electron chi connectivity index (χ2n) is 3.31. The molecule has 6 heteroatoms. The van der Waals surface area contributed by atoms with E-state index in [9.17, 15) is 22.0 Å². The molecular weight excluding hydrogens is 219 g/mol. The SMILES string of the molecule is CCC(C)COCC(F)(F)C(F)=C(F)F. The van der Waals surface area contributed by atoms with E-state index in [1.165, 1.54) is 0 Å². The van der Waals surface area contributed by atoms with E-state index in [0.717, 1.165) is 0 Å². The molecule has 0 N–H and O–H groups in total. The van der Waals surface area contributed by atoms with Crippen molar-refractivity contribution in [3.8, 4) is 0 Å². The van der Waals surface area contributed by atoms with E-state index in [2.05, 4.69) is 4.74 Å². The molecule has 0 saturated carbocycles. The van der Waals surface area contributed by atoms with Crippen LogP contribution in [0.2, 0.25) is 0 Å². The van der Waals surface area contributed by atoms with Crippen LogP contribution in [-0.4, -0.2) is 19.1 Å². The van der Waals surface area contributed by atoms with E-state index in [4.69, 9.17) is 0 Å². The molecule has 0 aromatic heterocycles. The molecule has 1 nitrogen and oxygen atoms in total. The molecule has 15 heavy (non-hydrogen) atoms. The first kappa shape index (κ1) is 14.3. The number of halogens is 5. The molecule has 0 aliphatic heterocycles. The van der Waals surface area contributed by atoms with E-state index in [1.54, 1.807) is 6.92 Å². The highest BCUT2D eigenvalue weighted by atomic mass is 19.3. The first-order valence-corrected chi connectivity index (χ1v) is 4.48. The smallest absolute Gasteiger partial charge is 0.326 e. The predicted molar refractivity (Wildman–Crippen MR) is 45.6 cm³/mol. The van der Waals surface area contributed by atoms with Gasteiger partial charge >= 0.3 is 12.0 Å². The van der Waals surface area contributed by atoms with Crippen LogP contribution >= 0.6 is 0 Å². The first-order chi connectivity index (χ1) is 6.81. The fraction of sp³-hybridized carbons (Fsp3) is 0.778. The summed E-state index contributed by atoms with van der Waals surface area (Å²) in [4.78, 5) is 0. The average molecular weight is 232 g/mol. The molecule has 0 bridgehead atoms. The van der Waals surface area contributed by atoms with Gasteiger partial charge in [-0.15, -0.1) is 0 Å². The van der Waals surface area contributed by atoms with Crippen LogP contribution in [0, 0.1) is 5.92 Å². The van der Waals surface area contributed by atoms with Crippen molar-refractivity contribution in [2.45, 2.75) is 26.2 Å². The van der Waals surface area contributed by atoms with Gasteiger partial charge in [0, 0.05) is 6.61 Å². The van der Waals surface area contributed by atoms with Crippen LogP contribution in [0.4, 0.5) is 22.0 Å². The minimum atomic E-state index is -4.24. The minimum Gasteiger partial charge on any atom is -0.374 e. The quantitative estimate of drug-likeness (QED) is 0.633. The monoisotopic (exact) mass is 232 g/mol. The number of ether oxygens (including phenoxy) is 1. The third kappa shape index (κ3) is 5.11. The standard InChI is InChI=1S/C9H13F5O/c1-3-6(2)4-15-5-9(13,14)7(10)8(11)12/h6H,3-5H2,1-2H3. The van der Waals surface area contributed by atoms with Gasteiger partial charge in [-0.2, -0.15) is 22.0 Å². The van der Waals surface area contributed by atoms with Gasteiger partial charge in [-0.05, 0) is 5.92 Å². The Labute approximate surface area is 84.9 Å². The van der Waals surface area contributed by atoms with Crippen LogP contribution < -0.4 is 0 Å². The van der Waals surface area contributed by atoms with Crippen molar-refractivity contribution in [1.29, 1.82) is 0 Å². The summed E-state index contributed by atoms with van der Waals surface area (Å²) >= 11 is 0. The molecule has 0 aromatic carbocycles. The Morgan fingerprint density at radius 1 is 1.27 bits per heavy atom. The van der Waals surface area contributed by atoms with Crippen LogP contribution in [-0.2, 0) is 4.74 Å². The molecular formula is C9H13F5O. The fourth-order valence-electron chi connectivity index (χ4n) is 0.708. The lowest BCUT2D eigenvalue weighted by molar-refractivity contribution is -0.0720. The van der Waals surface area contributed by atoms with Gasteiger partial charge in [-0.1, -0.05) is 20.3 Å². The number of rotatable bonds is 6. The Morgan fingerprint density at radius 3 is 2.20 bits per heavy atom. The molecule has 1 atom stereocenters. The largest absolute Gasteiger partial charge is 0.374 e. The van der Waals surface area contributed by atoms with Crippen LogP contribution in [0.1, 0.15) is 20.3 Å².